The fraction of sp³-hybridized carbons (Fsp3) is 0.478. The fourth-order valence-electron chi connectivity index (χ4n) is 4.95. The van der Waals surface area contributed by atoms with Crippen molar-refractivity contribution in [2.75, 3.05) is 5.73 Å². The molecule has 2 aromatic carbocycles. The Balaban J connectivity index is 1.65. The molecule has 2 aliphatic rings. The first kappa shape index (κ1) is 15.7. The van der Waals surface area contributed by atoms with E-state index in [-0.39, 0.29) is 0 Å². The average Bonchev–Trinajstić information content (AvgIpc) is 2.53. The van der Waals surface area contributed by atoms with E-state index in [2.05, 4.69) is 51.1 Å². The SMILES string of the molecule is Cc1cc(N)ccc1C1CCc2c(ccc3c2CCC(C)(C)C3)C1. The van der Waals surface area contributed by atoms with Crippen molar-refractivity contribution >= 4 is 5.69 Å². The summed E-state index contributed by atoms with van der Waals surface area (Å²) in [6.07, 6.45) is 7.56. The van der Waals surface area contributed by atoms with E-state index in [1.807, 2.05) is 0 Å². The molecule has 4 rings (SSSR count). The van der Waals surface area contributed by atoms with Crippen LogP contribution in [0.2, 0.25) is 0 Å². The second kappa shape index (κ2) is 5.65. The highest BCUT2D eigenvalue weighted by Crippen LogP contribution is 2.41. The molecule has 0 amide bonds. The Kier molecular flexibility index (Phi) is 3.71. The highest BCUT2D eigenvalue weighted by atomic mass is 14.5. The van der Waals surface area contributed by atoms with Gasteiger partial charge in [0.05, 0.1) is 0 Å². The van der Waals surface area contributed by atoms with Crippen LogP contribution >= 0.6 is 0 Å². The molecule has 0 saturated heterocycles. The smallest absolute Gasteiger partial charge is 0.0316 e. The topological polar surface area (TPSA) is 26.0 Å². The van der Waals surface area contributed by atoms with Crippen LogP contribution < -0.4 is 5.73 Å². The number of hydrogen-bond donors (Lipinski definition) is 1. The molecule has 0 saturated carbocycles. The van der Waals surface area contributed by atoms with Gasteiger partial charge in [-0.3, -0.25) is 0 Å². The predicted molar refractivity (Wildman–Crippen MR) is 103 cm³/mol. The predicted octanol–water partition coefficient (Wildman–Crippen LogP) is 5.36. The number of nitrogens with two attached hydrogens (primary N) is 1. The third kappa shape index (κ3) is 2.75. The lowest BCUT2D eigenvalue weighted by Crippen LogP contribution is -2.25. The number of fused-ring (bicyclic) bond motifs is 3. The highest BCUT2D eigenvalue weighted by Gasteiger charge is 2.30. The summed E-state index contributed by atoms with van der Waals surface area (Å²) in [4.78, 5) is 0. The van der Waals surface area contributed by atoms with E-state index in [0.717, 1.165) is 5.69 Å². The molecule has 1 heteroatoms. The zero-order valence-electron chi connectivity index (χ0n) is 15.3. The summed E-state index contributed by atoms with van der Waals surface area (Å²) in [6, 6.07) is 11.3. The largest absolute Gasteiger partial charge is 0.399 e. The van der Waals surface area contributed by atoms with Crippen molar-refractivity contribution in [1.82, 2.24) is 0 Å². The summed E-state index contributed by atoms with van der Waals surface area (Å²) >= 11 is 0. The number of rotatable bonds is 1. The third-order valence-corrected chi connectivity index (χ3v) is 6.29. The van der Waals surface area contributed by atoms with E-state index in [9.17, 15) is 0 Å². The zero-order valence-corrected chi connectivity index (χ0v) is 15.3. The monoisotopic (exact) mass is 319 g/mol. The van der Waals surface area contributed by atoms with Gasteiger partial charge in [0.25, 0.3) is 0 Å². The van der Waals surface area contributed by atoms with Gasteiger partial charge in [0, 0.05) is 5.69 Å². The van der Waals surface area contributed by atoms with Gasteiger partial charge in [-0.1, -0.05) is 32.0 Å². The summed E-state index contributed by atoms with van der Waals surface area (Å²) in [6.45, 7) is 7.03. The third-order valence-electron chi connectivity index (χ3n) is 6.29. The maximum absolute atomic E-state index is 5.93. The Morgan fingerprint density at radius 2 is 1.75 bits per heavy atom. The van der Waals surface area contributed by atoms with Crippen LogP contribution in [0.25, 0.3) is 0 Å². The van der Waals surface area contributed by atoms with Crippen LogP contribution in [0.1, 0.15) is 66.0 Å². The van der Waals surface area contributed by atoms with Crippen LogP contribution in [0.5, 0.6) is 0 Å². The average molecular weight is 319 g/mol. The quantitative estimate of drug-likeness (QED) is 0.703. The van der Waals surface area contributed by atoms with Gasteiger partial charge in [-0.05, 0) is 102 Å². The van der Waals surface area contributed by atoms with Crippen LogP contribution in [0.15, 0.2) is 30.3 Å². The first-order valence-electron chi connectivity index (χ1n) is 9.41. The van der Waals surface area contributed by atoms with Crippen molar-refractivity contribution < 1.29 is 0 Å². The van der Waals surface area contributed by atoms with Crippen molar-refractivity contribution in [3.8, 4) is 0 Å². The molecule has 2 aromatic rings. The Bertz CT molecular complexity index is 785. The van der Waals surface area contributed by atoms with Crippen LogP contribution in [0.4, 0.5) is 5.69 Å². The van der Waals surface area contributed by atoms with Crippen LogP contribution in [0, 0.1) is 12.3 Å². The second-order valence-electron chi connectivity index (χ2n) is 8.74. The molecule has 2 N–H and O–H groups in total. The van der Waals surface area contributed by atoms with Gasteiger partial charge < -0.3 is 5.73 Å². The minimum absolute atomic E-state index is 0.472. The highest BCUT2D eigenvalue weighted by molar-refractivity contribution is 5.49. The maximum Gasteiger partial charge on any atom is 0.0316 e. The number of hydrogen-bond acceptors (Lipinski definition) is 1. The van der Waals surface area contributed by atoms with E-state index >= 15 is 0 Å². The van der Waals surface area contributed by atoms with E-state index in [0.29, 0.717) is 11.3 Å². The fourth-order valence-corrected chi connectivity index (χ4v) is 4.95. The van der Waals surface area contributed by atoms with Crippen LogP contribution in [-0.4, -0.2) is 0 Å². The van der Waals surface area contributed by atoms with Crippen molar-refractivity contribution in [1.29, 1.82) is 0 Å². The van der Waals surface area contributed by atoms with Crippen molar-refractivity contribution in [2.45, 2.75) is 65.2 Å². The van der Waals surface area contributed by atoms with Gasteiger partial charge in [0.1, 0.15) is 0 Å². The Hall–Kier alpha value is -1.76. The maximum atomic E-state index is 5.93. The molecule has 0 aromatic heterocycles. The summed E-state index contributed by atoms with van der Waals surface area (Å²) in [5.41, 5.74) is 16.7. The minimum Gasteiger partial charge on any atom is -0.399 e. The summed E-state index contributed by atoms with van der Waals surface area (Å²) < 4.78 is 0. The number of aryl methyl sites for hydroxylation is 1. The van der Waals surface area contributed by atoms with Gasteiger partial charge >= 0.3 is 0 Å². The van der Waals surface area contributed by atoms with E-state index in [4.69, 9.17) is 5.73 Å². The molecule has 0 spiro atoms. The Morgan fingerprint density at radius 3 is 2.54 bits per heavy atom. The molecule has 126 valence electrons. The van der Waals surface area contributed by atoms with Gasteiger partial charge in [-0.25, -0.2) is 0 Å². The zero-order chi connectivity index (χ0) is 16.9. The molecule has 0 fully saturated rings. The van der Waals surface area contributed by atoms with Gasteiger partial charge in [0.15, 0.2) is 0 Å². The Morgan fingerprint density at radius 1 is 1.00 bits per heavy atom. The molecule has 0 bridgehead atoms. The van der Waals surface area contributed by atoms with Crippen molar-refractivity contribution in [2.24, 2.45) is 5.41 Å². The minimum atomic E-state index is 0.472. The van der Waals surface area contributed by atoms with Gasteiger partial charge in [0.2, 0.25) is 0 Å². The number of anilines is 1. The van der Waals surface area contributed by atoms with Gasteiger partial charge in [-0.15, -0.1) is 0 Å². The van der Waals surface area contributed by atoms with Crippen molar-refractivity contribution in [3.05, 3.63) is 63.7 Å². The Labute approximate surface area is 146 Å². The molecule has 1 atom stereocenters. The lowest BCUT2D eigenvalue weighted by atomic mass is 9.69. The number of nitrogen functional groups attached to an aromatic ring is 1. The molecule has 24 heavy (non-hydrogen) atoms. The lowest BCUT2D eigenvalue weighted by molar-refractivity contribution is 0.314. The molecule has 0 heterocycles. The molecular formula is C23H29N. The van der Waals surface area contributed by atoms with Crippen LogP contribution in [0.3, 0.4) is 0 Å². The summed E-state index contributed by atoms with van der Waals surface area (Å²) in [7, 11) is 0. The van der Waals surface area contributed by atoms with Gasteiger partial charge in [-0.2, -0.15) is 0 Å². The molecule has 0 radical (unpaired) electrons. The molecule has 0 aliphatic heterocycles. The van der Waals surface area contributed by atoms with Crippen molar-refractivity contribution in [3.63, 3.8) is 0 Å². The van der Waals surface area contributed by atoms with E-state index in [1.54, 1.807) is 22.3 Å². The standard InChI is InChI=1S/C23H29N/c1-15-12-19(24)7-9-20(15)16-6-8-21-17(13-16)4-5-18-14-23(2,3)11-10-22(18)21/h4-5,7,9,12,16H,6,8,10-11,13-14,24H2,1-3H3. The van der Waals surface area contributed by atoms with Crippen LogP contribution in [-0.2, 0) is 25.7 Å². The number of benzene rings is 2. The molecule has 1 unspecified atom stereocenters. The van der Waals surface area contributed by atoms with E-state index < -0.39 is 0 Å². The summed E-state index contributed by atoms with van der Waals surface area (Å²) in [5, 5.41) is 0. The molecule has 1 nitrogen and oxygen atoms in total. The first-order chi connectivity index (χ1) is 11.4. The molecular weight excluding hydrogens is 290 g/mol. The first-order valence-corrected chi connectivity index (χ1v) is 9.41. The second-order valence-corrected chi connectivity index (χ2v) is 8.74. The summed E-state index contributed by atoms with van der Waals surface area (Å²) in [5.74, 6) is 0.649. The lowest BCUT2D eigenvalue weighted by Gasteiger charge is -2.35. The molecule has 2 aliphatic carbocycles. The normalized spacial score (nSPS) is 21.9. The van der Waals surface area contributed by atoms with E-state index in [1.165, 1.54) is 49.7 Å².